The summed E-state index contributed by atoms with van der Waals surface area (Å²) < 4.78 is 18.5. The number of rotatable bonds is 4. The van der Waals surface area contributed by atoms with Crippen LogP contribution in [0.25, 0.3) is 0 Å². The number of aryl methyl sites for hydroxylation is 1. The molecule has 7 nitrogen and oxygen atoms in total. The summed E-state index contributed by atoms with van der Waals surface area (Å²) in [5.41, 5.74) is -0.826. The molecule has 0 saturated carbocycles. The molecule has 0 saturated heterocycles. The Balaban J connectivity index is 2.49. The van der Waals surface area contributed by atoms with Crippen molar-refractivity contribution in [2.45, 2.75) is 6.92 Å². The molecular weight excluding hydrogens is 285 g/mol. The summed E-state index contributed by atoms with van der Waals surface area (Å²) in [5, 5.41) is 19.5. The van der Waals surface area contributed by atoms with Crippen LogP contribution in [0.2, 0.25) is 0 Å². The maximum atomic E-state index is 13.6. The Kier molecular flexibility index (Phi) is 3.53. The molecule has 1 aromatic carbocycles. The number of carboxylic acid groups (broad SMARTS) is 1. The van der Waals surface area contributed by atoms with Crippen molar-refractivity contribution in [1.29, 1.82) is 0 Å². The van der Waals surface area contributed by atoms with Gasteiger partial charge in [0.1, 0.15) is 5.82 Å². The van der Waals surface area contributed by atoms with Crippen LogP contribution in [0.15, 0.2) is 28.7 Å². The Morgan fingerprint density at radius 1 is 1.33 bits per heavy atom. The average Bonchev–Trinajstić information content (AvgIpc) is 2.80. The summed E-state index contributed by atoms with van der Waals surface area (Å²) in [6.07, 6.45) is 0. The first kappa shape index (κ1) is 14.4. The van der Waals surface area contributed by atoms with Crippen LogP contribution in [0.3, 0.4) is 0 Å². The van der Waals surface area contributed by atoms with Crippen LogP contribution in [-0.2, 0) is 0 Å². The van der Waals surface area contributed by atoms with Gasteiger partial charge in [0.25, 0.3) is 5.69 Å². The third-order valence-corrected chi connectivity index (χ3v) is 2.74. The predicted molar refractivity (Wildman–Crippen MR) is 66.9 cm³/mol. The summed E-state index contributed by atoms with van der Waals surface area (Å²) in [6, 6.07) is 3.63. The molecule has 0 unspecified atom stereocenters. The number of hydrogen-bond donors (Lipinski definition) is 1. The highest BCUT2D eigenvalue weighted by Gasteiger charge is 2.24. The molecular formula is C13H8FNO6. The van der Waals surface area contributed by atoms with Crippen molar-refractivity contribution in [3.8, 4) is 0 Å². The van der Waals surface area contributed by atoms with E-state index in [0.717, 1.165) is 24.3 Å². The second kappa shape index (κ2) is 5.16. The minimum Gasteiger partial charge on any atom is -0.475 e. The van der Waals surface area contributed by atoms with Crippen LogP contribution in [0.5, 0.6) is 0 Å². The third-order valence-electron chi connectivity index (χ3n) is 2.74. The number of ketones is 1. The fourth-order valence-electron chi connectivity index (χ4n) is 1.74. The molecule has 0 fully saturated rings. The first-order chi connectivity index (χ1) is 9.81. The fraction of sp³-hybridized carbons (Fsp3) is 0.0769. The molecule has 0 atom stereocenters. The lowest BCUT2D eigenvalue weighted by Gasteiger charge is -2.00. The van der Waals surface area contributed by atoms with Crippen molar-refractivity contribution in [2.24, 2.45) is 0 Å². The molecule has 0 radical (unpaired) electrons. The van der Waals surface area contributed by atoms with Gasteiger partial charge in [0, 0.05) is 17.7 Å². The zero-order valence-corrected chi connectivity index (χ0v) is 10.6. The van der Waals surface area contributed by atoms with E-state index in [-0.39, 0.29) is 5.56 Å². The number of non-ortho nitro benzene ring substituents is 1. The second-order valence-corrected chi connectivity index (χ2v) is 4.18. The van der Waals surface area contributed by atoms with Gasteiger partial charge in [-0.05, 0) is 19.1 Å². The van der Waals surface area contributed by atoms with E-state index in [9.17, 15) is 24.1 Å². The zero-order chi connectivity index (χ0) is 15.7. The highest BCUT2D eigenvalue weighted by atomic mass is 19.1. The molecule has 0 aliphatic rings. The van der Waals surface area contributed by atoms with Gasteiger partial charge in [-0.25, -0.2) is 9.18 Å². The number of carboxylic acids is 1. The lowest BCUT2D eigenvalue weighted by atomic mass is 10.1. The van der Waals surface area contributed by atoms with Gasteiger partial charge < -0.3 is 9.52 Å². The number of benzene rings is 1. The third kappa shape index (κ3) is 2.64. The Morgan fingerprint density at radius 3 is 2.52 bits per heavy atom. The van der Waals surface area contributed by atoms with Crippen LogP contribution < -0.4 is 0 Å². The molecule has 8 heteroatoms. The molecule has 2 aromatic rings. The van der Waals surface area contributed by atoms with Crippen molar-refractivity contribution in [2.75, 3.05) is 0 Å². The summed E-state index contributed by atoms with van der Waals surface area (Å²) in [5.74, 6) is -4.14. The van der Waals surface area contributed by atoms with Crippen LogP contribution in [0.4, 0.5) is 10.1 Å². The molecule has 0 amide bonds. The van der Waals surface area contributed by atoms with E-state index in [4.69, 9.17) is 9.52 Å². The molecule has 0 aliphatic carbocycles. The van der Waals surface area contributed by atoms with Crippen molar-refractivity contribution in [3.05, 3.63) is 62.8 Å². The van der Waals surface area contributed by atoms with Gasteiger partial charge in [0.05, 0.1) is 10.5 Å². The molecule has 108 valence electrons. The molecule has 21 heavy (non-hydrogen) atoms. The van der Waals surface area contributed by atoms with E-state index in [1.165, 1.54) is 6.92 Å². The van der Waals surface area contributed by atoms with Crippen molar-refractivity contribution in [1.82, 2.24) is 0 Å². The minimum atomic E-state index is -1.37. The van der Waals surface area contributed by atoms with Gasteiger partial charge in [-0.2, -0.15) is 0 Å². The van der Waals surface area contributed by atoms with Crippen molar-refractivity contribution in [3.63, 3.8) is 0 Å². The van der Waals surface area contributed by atoms with E-state index in [1.54, 1.807) is 0 Å². The number of aromatic carboxylic acids is 1. The molecule has 1 heterocycles. The van der Waals surface area contributed by atoms with Crippen molar-refractivity contribution >= 4 is 17.4 Å². The maximum absolute atomic E-state index is 13.6. The van der Waals surface area contributed by atoms with Crippen LogP contribution in [-0.4, -0.2) is 21.8 Å². The van der Waals surface area contributed by atoms with E-state index >= 15 is 0 Å². The van der Waals surface area contributed by atoms with Gasteiger partial charge in [0.15, 0.2) is 5.76 Å². The highest BCUT2D eigenvalue weighted by Crippen LogP contribution is 2.22. The van der Waals surface area contributed by atoms with Crippen LogP contribution >= 0.6 is 0 Å². The van der Waals surface area contributed by atoms with Crippen LogP contribution in [0.1, 0.15) is 32.2 Å². The number of carbonyl (C=O) groups excluding carboxylic acids is 1. The largest absolute Gasteiger partial charge is 0.475 e. The Bertz CT molecular complexity index is 764. The Labute approximate surface area is 116 Å². The lowest BCUT2D eigenvalue weighted by molar-refractivity contribution is -0.384. The maximum Gasteiger partial charge on any atom is 0.372 e. The summed E-state index contributed by atoms with van der Waals surface area (Å²) >= 11 is 0. The smallest absolute Gasteiger partial charge is 0.372 e. The first-order valence-electron chi connectivity index (χ1n) is 5.63. The summed E-state index contributed by atoms with van der Waals surface area (Å²) in [7, 11) is 0. The number of hydrogen-bond acceptors (Lipinski definition) is 5. The monoisotopic (exact) mass is 293 g/mol. The standard InChI is InChI=1S/C13H8FNO6/c1-6-4-10(21-12(6)13(17)18)11(16)8-5-7(15(19)20)2-3-9(8)14/h2-5H,1H3,(H,17,18). The SMILES string of the molecule is Cc1cc(C(=O)c2cc([N+](=O)[O-])ccc2F)oc1C(=O)O. The van der Waals surface area contributed by atoms with E-state index in [2.05, 4.69) is 0 Å². The van der Waals surface area contributed by atoms with E-state index < -0.39 is 45.3 Å². The van der Waals surface area contributed by atoms with Crippen molar-refractivity contribution < 1.29 is 28.4 Å². The highest BCUT2D eigenvalue weighted by molar-refractivity contribution is 6.08. The fourth-order valence-corrected chi connectivity index (χ4v) is 1.74. The normalized spacial score (nSPS) is 10.4. The van der Waals surface area contributed by atoms with E-state index in [1.807, 2.05) is 0 Å². The van der Waals surface area contributed by atoms with Crippen LogP contribution in [0, 0.1) is 22.9 Å². The number of nitro benzene ring substituents is 1. The zero-order valence-electron chi connectivity index (χ0n) is 10.6. The molecule has 0 bridgehead atoms. The predicted octanol–water partition coefficient (Wildman–Crippen LogP) is 2.56. The molecule has 0 aliphatic heterocycles. The lowest BCUT2D eigenvalue weighted by Crippen LogP contribution is -2.04. The Morgan fingerprint density at radius 2 is 2.00 bits per heavy atom. The number of halogens is 1. The number of carbonyl (C=O) groups is 2. The topological polar surface area (TPSA) is 111 Å². The second-order valence-electron chi connectivity index (χ2n) is 4.18. The number of nitrogens with zero attached hydrogens (tertiary/aromatic N) is 1. The van der Waals surface area contributed by atoms with Gasteiger partial charge in [-0.15, -0.1) is 0 Å². The molecule has 1 N–H and O–H groups in total. The summed E-state index contributed by atoms with van der Waals surface area (Å²) in [6.45, 7) is 1.41. The van der Waals surface area contributed by atoms with Gasteiger partial charge >= 0.3 is 5.97 Å². The van der Waals surface area contributed by atoms with E-state index in [0.29, 0.717) is 0 Å². The molecule has 2 rings (SSSR count). The minimum absolute atomic E-state index is 0.191. The average molecular weight is 293 g/mol. The number of nitro groups is 1. The summed E-state index contributed by atoms with van der Waals surface area (Å²) in [4.78, 5) is 32.8. The van der Waals surface area contributed by atoms with Gasteiger partial charge in [0.2, 0.25) is 11.5 Å². The van der Waals surface area contributed by atoms with Gasteiger partial charge in [-0.1, -0.05) is 0 Å². The quantitative estimate of drug-likeness (QED) is 0.527. The Hall–Kier alpha value is -3.03. The van der Waals surface area contributed by atoms with Gasteiger partial charge in [-0.3, -0.25) is 14.9 Å². The molecule has 0 spiro atoms. The number of furan rings is 1. The first-order valence-corrected chi connectivity index (χ1v) is 5.63. The molecule has 1 aromatic heterocycles.